The van der Waals surface area contributed by atoms with Crippen LogP contribution in [0.2, 0.25) is 0 Å². The molecule has 4 nitrogen and oxygen atoms in total. The number of ether oxygens (including phenoxy) is 1. The molecule has 1 aromatic heterocycles. The summed E-state index contributed by atoms with van der Waals surface area (Å²) < 4.78 is 7.74. The lowest BCUT2D eigenvalue weighted by molar-refractivity contribution is 0.154. The fourth-order valence-electron chi connectivity index (χ4n) is 4.45. The van der Waals surface area contributed by atoms with Crippen LogP contribution in [0.1, 0.15) is 50.8 Å². The summed E-state index contributed by atoms with van der Waals surface area (Å²) in [7, 11) is 1.75. The van der Waals surface area contributed by atoms with E-state index in [-0.39, 0.29) is 16.2 Å². The molecule has 4 rings (SSSR count). The van der Waals surface area contributed by atoms with E-state index in [1.54, 1.807) is 7.11 Å². The summed E-state index contributed by atoms with van der Waals surface area (Å²) >= 11 is 1.97. The topological polar surface area (TPSA) is 38.9 Å². The second-order valence-electron chi connectivity index (χ2n) is 8.05. The maximum absolute atomic E-state index is 5.43. The molecule has 0 amide bonds. The van der Waals surface area contributed by atoms with Crippen molar-refractivity contribution in [1.29, 1.82) is 0 Å². The van der Waals surface area contributed by atoms with Gasteiger partial charge in [0, 0.05) is 36.0 Å². The van der Waals surface area contributed by atoms with Gasteiger partial charge in [0.15, 0.2) is 5.82 Å². The van der Waals surface area contributed by atoms with Crippen LogP contribution in [-0.4, -0.2) is 35.5 Å². The second-order valence-corrected chi connectivity index (χ2v) is 9.42. The van der Waals surface area contributed by atoms with Gasteiger partial charge in [0.25, 0.3) is 0 Å². The highest BCUT2D eigenvalue weighted by Gasteiger charge is 2.69. The smallest absolute Gasteiger partial charge is 0.158 e. The predicted molar refractivity (Wildman–Crippen MR) is 119 cm³/mol. The predicted octanol–water partition coefficient (Wildman–Crippen LogP) is 6.02. The van der Waals surface area contributed by atoms with Crippen LogP contribution in [0.15, 0.2) is 45.3 Å². The van der Waals surface area contributed by atoms with E-state index in [0.717, 1.165) is 29.9 Å². The molecule has 0 spiro atoms. The Balaban J connectivity index is 1.69. The van der Waals surface area contributed by atoms with Gasteiger partial charge in [-0.2, -0.15) is 0 Å². The Morgan fingerprint density at radius 1 is 1.32 bits per heavy atom. The van der Waals surface area contributed by atoms with Crippen LogP contribution in [-0.2, 0) is 10.2 Å². The summed E-state index contributed by atoms with van der Waals surface area (Å²) in [6.45, 7) is 9.30. The molecule has 0 radical (unpaired) electrons. The number of benzene rings is 1. The van der Waals surface area contributed by atoms with Gasteiger partial charge >= 0.3 is 0 Å². The monoisotopic (exact) mass is 395 g/mol. The number of thioether (sulfide) groups is 1. The van der Waals surface area contributed by atoms with E-state index in [1.807, 2.05) is 24.9 Å². The number of hydrogen-bond donors (Lipinski definition) is 0. The van der Waals surface area contributed by atoms with E-state index in [0.29, 0.717) is 6.61 Å². The van der Waals surface area contributed by atoms with Gasteiger partial charge in [-0.15, -0.1) is 11.8 Å². The number of nitrogens with zero attached hydrogens (tertiary/aromatic N) is 3. The third kappa shape index (κ3) is 2.87. The first-order chi connectivity index (χ1) is 13.5. The van der Waals surface area contributed by atoms with Crippen molar-refractivity contribution in [2.24, 2.45) is 9.98 Å². The maximum Gasteiger partial charge on any atom is 0.158 e. The minimum atomic E-state index is 0.0785. The fourth-order valence-corrected chi connectivity index (χ4v) is 6.19. The molecule has 5 heteroatoms. The van der Waals surface area contributed by atoms with Crippen LogP contribution in [0.25, 0.3) is 0 Å². The van der Waals surface area contributed by atoms with E-state index in [2.05, 4.69) is 67.0 Å². The number of aryl methyl sites for hydroxylation is 1. The molecule has 3 unspecified atom stereocenters. The molecule has 2 aromatic rings. The molecule has 3 atom stereocenters. The van der Waals surface area contributed by atoms with Gasteiger partial charge in [-0.25, -0.2) is 4.99 Å². The maximum atomic E-state index is 5.43. The highest BCUT2D eigenvalue weighted by atomic mass is 32.2. The summed E-state index contributed by atoms with van der Waals surface area (Å²) in [6, 6.07) is 9.05. The molecule has 1 fully saturated rings. The van der Waals surface area contributed by atoms with Crippen molar-refractivity contribution in [3.05, 3.63) is 41.6 Å². The van der Waals surface area contributed by atoms with Crippen LogP contribution in [0.3, 0.4) is 0 Å². The Labute approximate surface area is 172 Å². The number of aliphatic imine (C=N–C) groups is 2. The molecule has 1 saturated carbocycles. The highest BCUT2D eigenvalue weighted by molar-refractivity contribution is 8.02. The van der Waals surface area contributed by atoms with Gasteiger partial charge in [0.1, 0.15) is 5.69 Å². The van der Waals surface area contributed by atoms with Crippen molar-refractivity contribution in [3.8, 4) is 0 Å². The molecule has 0 N–H and O–H groups in total. The molecule has 28 heavy (non-hydrogen) atoms. The zero-order valence-corrected chi connectivity index (χ0v) is 18.2. The quantitative estimate of drug-likeness (QED) is 0.537. The summed E-state index contributed by atoms with van der Waals surface area (Å²) in [4.78, 5) is 11.1. The lowest BCUT2D eigenvalue weighted by atomic mass is 9.96. The Hall–Kier alpha value is -1.85. The van der Waals surface area contributed by atoms with Crippen LogP contribution in [0.5, 0.6) is 0 Å². The van der Waals surface area contributed by atoms with Crippen LogP contribution < -0.4 is 0 Å². The second kappa shape index (κ2) is 7.20. The molecule has 0 bridgehead atoms. The van der Waals surface area contributed by atoms with E-state index in [9.17, 15) is 0 Å². The zero-order chi connectivity index (χ0) is 19.9. The number of fused-ring (bicyclic) bond motifs is 3. The van der Waals surface area contributed by atoms with Crippen molar-refractivity contribution in [2.75, 3.05) is 13.7 Å². The van der Waals surface area contributed by atoms with Crippen LogP contribution in [0, 0.1) is 6.92 Å². The first kappa shape index (κ1) is 19.5. The summed E-state index contributed by atoms with van der Waals surface area (Å²) in [5.41, 5.74) is 3.81. The molecule has 2 heterocycles. The van der Waals surface area contributed by atoms with E-state index in [4.69, 9.17) is 9.73 Å². The summed E-state index contributed by atoms with van der Waals surface area (Å²) in [5, 5.41) is 0. The average Bonchev–Trinajstić information content (AvgIpc) is 3.03. The summed E-state index contributed by atoms with van der Waals surface area (Å²) in [5.74, 6) is 0.930. The molecule has 0 saturated heterocycles. The molecule has 148 valence electrons. The third-order valence-electron chi connectivity index (χ3n) is 6.24. The van der Waals surface area contributed by atoms with Gasteiger partial charge in [0.2, 0.25) is 0 Å². The molecule has 1 aliphatic heterocycles. The van der Waals surface area contributed by atoms with Gasteiger partial charge in [-0.3, -0.25) is 4.99 Å². The number of aromatic nitrogens is 1. The van der Waals surface area contributed by atoms with Gasteiger partial charge in [-0.05, 0) is 43.9 Å². The molecular weight excluding hydrogens is 366 g/mol. The highest BCUT2D eigenvalue weighted by Crippen LogP contribution is 2.72. The van der Waals surface area contributed by atoms with Crippen molar-refractivity contribution in [3.63, 3.8) is 0 Å². The SMILES string of the molecule is C/C=N/c1c(N=CC23CC2(C)c2ccccc2S3)c(C)cn1C(CC)COC. The lowest BCUT2D eigenvalue weighted by Crippen LogP contribution is -2.13. The van der Waals surface area contributed by atoms with Crippen LogP contribution >= 0.6 is 11.8 Å². The van der Waals surface area contributed by atoms with Gasteiger partial charge in [-0.1, -0.05) is 32.0 Å². The van der Waals surface area contributed by atoms with Gasteiger partial charge in [0.05, 0.1) is 17.4 Å². The largest absolute Gasteiger partial charge is 0.383 e. The first-order valence-corrected chi connectivity index (χ1v) is 10.8. The van der Waals surface area contributed by atoms with E-state index >= 15 is 0 Å². The van der Waals surface area contributed by atoms with Crippen molar-refractivity contribution in [1.82, 2.24) is 4.57 Å². The molecule has 2 aliphatic rings. The Kier molecular flexibility index (Phi) is 5.00. The first-order valence-electron chi connectivity index (χ1n) is 10.0. The number of rotatable bonds is 7. The van der Waals surface area contributed by atoms with Gasteiger partial charge < -0.3 is 9.30 Å². The third-order valence-corrected chi connectivity index (χ3v) is 7.88. The van der Waals surface area contributed by atoms with E-state index < -0.39 is 0 Å². The fraction of sp³-hybridized carbons (Fsp3) is 0.478. The van der Waals surface area contributed by atoms with Crippen molar-refractivity contribution >= 4 is 35.7 Å². The number of methoxy groups -OCH3 is 1. The number of hydrogen-bond acceptors (Lipinski definition) is 4. The van der Waals surface area contributed by atoms with Crippen molar-refractivity contribution < 1.29 is 4.74 Å². The molecular formula is C23H29N3OS. The van der Waals surface area contributed by atoms with Crippen LogP contribution in [0.4, 0.5) is 11.5 Å². The van der Waals surface area contributed by atoms with E-state index in [1.165, 1.54) is 10.5 Å². The normalized spacial score (nSPS) is 26.8. The minimum Gasteiger partial charge on any atom is -0.383 e. The lowest BCUT2D eigenvalue weighted by Gasteiger charge is -2.17. The summed E-state index contributed by atoms with van der Waals surface area (Å²) in [6.07, 6.45) is 8.35. The Morgan fingerprint density at radius 3 is 2.79 bits per heavy atom. The average molecular weight is 396 g/mol. The zero-order valence-electron chi connectivity index (χ0n) is 17.4. The van der Waals surface area contributed by atoms with Crippen molar-refractivity contribution in [2.45, 2.75) is 61.6 Å². The minimum absolute atomic E-state index is 0.0785. The molecule has 1 aromatic carbocycles. The Bertz CT molecular complexity index is 947. The standard InChI is InChI=1S/C23H29N3OS/c1-6-17(13-27-5)26-12-16(3)20(21(26)24-7-2)25-15-23-14-22(23,4)18-10-8-9-11-19(18)28-23/h7-12,15,17H,6,13-14H2,1-5H3/b24-7+,25-15?. The Morgan fingerprint density at radius 2 is 2.11 bits per heavy atom. The molecule has 1 aliphatic carbocycles.